The first kappa shape index (κ1) is 15.4. The second-order valence-corrected chi connectivity index (χ2v) is 8.52. The number of nitrogens with zero attached hydrogens (tertiary/aromatic N) is 1. The summed E-state index contributed by atoms with van der Waals surface area (Å²) >= 11 is 1.60. The Kier molecular flexibility index (Phi) is 3.79. The van der Waals surface area contributed by atoms with Crippen molar-refractivity contribution in [3.63, 3.8) is 0 Å². The Morgan fingerprint density at radius 1 is 1.24 bits per heavy atom. The molecular formula is C20H24N4S. The van der Waals surface area contributed by atoms with Crippen LogP contribution in [0.15, 0.2) is 35.7 Å². The molecule has 2 unspecified atom stereocenters. The molecule has 0 spiro atoms. The van der Waals surface area contributed by atoms with Crippen LogP contribution < -0.4 is 10.6 Å². The summed E-state index contributed by atoms with van der Waals surface area (Å²) in [5, 5.41) is 17.2. The molecule has 4 nitrogen and oxygen atoms in total. The highest BCUT2D eigenvalue weighted by molar-refractivity contribution is 7.12. The zero-order valence-electron chi connectivity index (χ0n) is 14.3. The van der Waals surface area contributed by atoms with Crippen LogP contribution in [-0.2, 0) is 0 Å². The summed E-state index contributed by atoms with van der Waals surface area (Å²) in [6.45, 7) is 4.93. The maximum Gasteiger partial charge on any atom is 0.140 e. The number of nitrogens with one attached hydrogen (secondary N) is 3. The van der Waals surface area contributed by atoms with E-state index >= 15 is 0 Å². The average Bonchev–Trinajstić information content (AvgIpc) is 3.32. The molecule has 1 aromatic carbocycles. The minimum Gasteiger partial charge on any atom is -0.384 e. The molecule has 0 saturated carbocycles. The Morgan fingerprint density at radius 3 is 2.84 bits per heavy atom. The van der Waals surface area contributed by atoms with Crippen molar-refractivity contribution >= 4 is 28.5 Å². The third-order valence-electron chi connectivity index (χ3n) is 6.22. The molecule has 2 aromatic rings. The summed E-state index contributed by atoms with van der Waals surface area (Å²) in [7, 11) is 0. The Bertz CT molecular complexity index is 777. The molecule has 4 aliphatic rings. The Morgan fingerprint density at radius 2 is 2.12 bits per heavy atom. The lowest BCUT2D eigenvalue weighted by Crippen LogP contribution is -2.49. The number of hydrogen-bond donors (Lipinski definition) is 3. The Hall–Kier alpha value is -1.85. The summed E-state index contributed by atoms with van der Waals surface area (Å²) < 4.78 is 0. The highest BCUT2D eigenvalue weighted by atomic mass is 32.1. The Balaban J connectivity index is 1.38. The first-order valence-corrected chi connectivity index (χ1v) is 10.2. The van der Waals surface area contributed by atoms with E-state index in [9.17, 15) is 0 Å². The van der Waals surface area contributed by atoms with Crippen LogP contribution in [0, 0.1) is 17.2 Å². The quantitative estimate of drug-likeness (QED) is 0.577. The fraction of sp³-hybridized carbons (Fsp3) is 0.450. The van der Waals surface area contributed by atoms with Crippen molar-refractivity contribution in [3.05, 3.63) is 46.2 Å². The van der Waals surface area contributed by atoms with Gasteiger partial charge in [0.15, 0.2) is 0 Å². The van der Waals surface area contributed by atoms with Crippen LogP contribution in [0.1, 0.15) is 29.2 Å². The van der Waals surface area contributed by atoms with Crippen LogP contribution in [0.3, 0.4) is 0 Å². The van der Waals surface area contributed by atoms with Crippen molar-refractivity contribution in [2.75, 3.05) is 36.8 Å². The van der Waals surface area contributed by atoms with Gasteiger partial charge in [-0.1, -0.05) is 6.07 Å². The number of amidine groups is 1. The molecule has 25 heavy (non-hydrogen) atoms. The third kappa shape index (κ3) is 2.75. The molecule has 1 aromatic heterocycles. The number of fused-ring (bicyclic) bond motifs is 4. The first-order valence-electron chi connectivity index (χ1n) is 9.27. The number of rotatable bonds is 3. The average molecular weight is 353 g/mol. The summed E-state index contributed by atoms with van der Waals surface area (Å²) in [4.78, 5) is 3.63. The molecule has 3 N–H and O–H groups in total. The van der Waals surface area contributed by atoms with E-state index in [1.807, 2.05) is 17.5 Å². The normalized spacial score (nSPS) is 29.9. The largest absolute Gasteiger partial charge is 0.384 e. The first-order chi connectivity index (χ1) is 12.3. The van der Waals surface area contributed by atoms with E-state index in [4.69, 9.17) is 5.41 Å². The van der Waals surface area contributed by atoms with E-state index in [1.54, 1.807) is 11.3 Å². The van der Waals surface area contributed by atoms with Gasteiger partial charge in [0, 0.05) is 30.4 Å². The molecule has 0 aliphatic carbocycles. The fourth-order valence-corrected chi connectivity index (χ4v) is 5.54. The lowest BCUT2D eigenvalue weighted by Gasteiger charge is -2.47. The topological polar surface area (TPSA) is 51.2 Å². The van der Waals surface area contributed by atoms with Crippen molar-refractivity contribution in [1.29, 1.82) is 5.41 Å². The van der Waals surface area contributed by atoms with E-state index in [-0.39, 0.29) is 0 Å². The van der Waals surface area contributed by atoms with Gasteiger partial charge in [-0.25, -0.2) is 0 Å². The molecule has 3 saturated heterocycles. The molecule has 0 amide bonds. The zero-order chi connectivity index (χ0) is 16.8. The molecule has 4 aliphatic heterocycles. The van der Waals surface area contributed by atoms with Gasteiger partial charge in [-0.3, -0.25) is 5.41 Å². The van der Waals surface area contributed by atoms with Gasteiger partial charge < -0.3 is 15.5 Å². The van der Waals surface area contributed by atoms with E-state index < -0.39 is 0 Å². The summed E-state index contributed by atoms with van der Waals surface area (Å²) in [6, 6.07) is 10.5. The predicted molar refractivity (Wildman–Crippen MR) is 105 cm³/mol. The van der Waals surface area contributed by atoms with Gasteiger partial charge in [-0.2, -0.15) is 0 Å². The standard InChI is InChI=1S/C20H24N4S/c21-20(19-2-1-9-25-19)23-14-3-4-18-15(10-14)16(11-22-18)17-12-24-7-5-13(17)6-8-24/h1-4,9-10,13,16-17,22H,5-8,11-12H2,(H2,21,23). The molecule has 2 bridgehead atoms. The van der Waals surface area contributed by atoms with Gasteiger partial charge in [0.1, 0.15) is 5.84 Å². The minimum atomic E-state index is 0.486. The number of benzene rings is 1. The van der Waals surface area contributed by atoms with Crippen molar-refractivity contribution in [1.82, 2.24) is 4.90 Å². The maximum atomic E-state index is 8.27. The summed E-state index contributed by atoms with van der Waals surface area (Å²) in [5.41, 5.74) is 3.77. The van der Waals surface area contributed by atoms with Crippen LogP contribution in [0.25, 0.3) is 0 Å². The highest BCUT2D eigenvalue weighted by Gasteiger charge is 2.41. The molecule has 5 heterocycles. The summed E-state index contributed by atoms with van der Waals surface area (Å²) in [5.74, 6) is 2.77. The van der Waals surface area contributed by atoms with Gasteiger partial charge in [-0.05, 0) is 73.0 Å². The number of hydrogen-bond acceptors (Lipinski definition) is 4. The molecule has 130 valence electrons. The summed E-state index contributed by atoms with van der Waals surface area (Å²) in [6.07, 6.45) is 2.74. The van der Waals surface area contributed by atoms with Gasteiger partial charge >= 0.3 is 0 Å². The van der Waals surface area contributed by atoms with Crippen molar-refractivity contribution < 1.29 is 0 Å². The molecular weight excluding hydrogens is 328 g/mol. The number of piperidine rings is 3. The Labute approximate surface area is 152 Å². The van der Waals surface area contributed by atoms with Gasteiger partial charge in [-0.15, -0.1) is 11.3 Å². The minimum absolute atomic E-state index is 0.486. The van der Waals surface area contributed by atoms with Crippen molar-refractivity contribution in [2.24, 2.45) is 11.8 Å². The lowest BCUT2D eigenvalue weighted by atomic mass is 9.71. The SMILES string of the molecule is N=C(Nc1ccc2c(c1)C(C1CN3CCC1CC3)CN2)c1cccs1. The van der Waals surface area contributed by atoms with Crippen LogP contribution in [-0.4, -0.2) is 36.9 Å². The highest BCUT2D eigenvalue weighted by Crippen LogP contribution is 2.46. The van der Waals surface area contributed by atoms with Crippen LogP contribution in [0.2, 0.25) is 0 Å². The molecule has 5 heteroatoms. The van der Waals surface area contributed by atoms with Crippen LogP contribution in [0.5, 0.6) is 0 Å². The van der Waals surface area contributed by atoms with Crippen molar-refractivity contribution in [2.45, 2.75) is 18.8 Å². The smallest absolute Gasteiger partial charge is 0.140 e. The molecule has 2 atom stereocenters. The number of anilines is 2. The van der Waals surface area contributed by atoms with Crippen molar-refractivity contribution in [3.8, 4) is 0 Å². The molecule has 6 rings (SSSR count). The van der Waals surface area contributed by atoms with E-state index in [1.165, 1.54) is 43.7 Å². The van der Waals surface area contributed by atoms with Gasteiger partial charge in [0.05, 0.1) is 4.88 Å². The van der Waals surface area contributed by atoms with E-state index in [0.717, 1.165) is 28.9 Å². The second-order valence-electron chi connectivity index (χ2n) is 7.57. The van der Waals surface area contributed by atoms with Crippen LogP contribution >= 0.6 is 11.3 Å². The molecule has 0 radical (unpaired) electrons. The van der Waals surface area contributed by atoms with Crippen LogP contribution in [0.4, 0.5) is 11.4 Å². The predicted octanol–water partition coefficient (Wildman–Crippen LogP) is 4.04. The monoisotopic (exact) mass is 352 g/mol. The third-order valence-corrected chi connectivity index (χ3v) is 7.11. The fourth-order valence-electron chi connectivity index (χ4n) is 4.91. The lowest BCUT2D eigenvalue weighted by molar-refractivity contribution is 0.0397. The van der Waals surface area contributed by atoms with E-state index in [2.05, 4.69) is 33.7 Å². The van der Waals surface area contributed by atoms with Gasteiger partial charge in [0.25, 0.3) is 0 Å². The van der Waals surface area contributed by atoms with Gasteiger partial charge in [0.2, 0.25) is 0 Å². The maximum absolute atomic E-state index is 8.27. The van der Waals surface area contributed by atoms with E-state index in [0.29, 0.717) is 11.8 Å². The second kappa shape index (κ2) is 6.15. The molecule has 3 fully saturated rings. The zero-order valence-corrected chi connectivity index (χ0v) is 15.1. The number of thiophene rings is 1.